The summed E-state index contributed by atoms with van der Waals surface area (Å²) in [6.45, 7) is 2.30. The number of hydrogen-bond donors (Lipinski definition) is 0. The average Bonchev–Trinajstić information content (AvgIpc) is 2.59. The van der Waals surface area contributed by atoms with Crippen molar-refractivity contribution in [1.82, 2.24) is 0 Å². The maximum absolute atomic E-state index is 12.1. The average molecular weight is 354 g/mol. The fourth-order valence-corrected chi connectivity index (χ4v) is 3.40. The van der Waals surface area contributed by atoms with Crippen molar-refractivity contribution in [3.63, 3.8) is 0 Å². The van der Waals surface area contributed by atoms with E-state index in [1.54, 1.807) is 0 Å². The summed E-state index contributed by atoms with van der Waals surface area (Å²) in [6.07, 6.45) is 7.06. The van der Waals surface area contributed by atoms with E-state index in [2.05, 4.69) is 31.2 Å². The first-order valence-corrected chi connectivity index (χ1v) is 9.44. The van der Waals surface area contributed by atoms with E-state index >= 15 is 0 Å². The number of rotatable bonds is 8. The quantitative estimate of drug-likeness (QED) is 0.359. The first-order chi connectivity index (χ1) is 12.0. The molecule has 1 aromatic rings. The zero-order chi connectivity index (χ0) is 18.1. The minimum atomic E-state index is -4.10. The second-order valence-corrected chi connectivity index (χ2v) is 6.96. The summed E-state index contributed by atoms with van der Waals surface area (Å²) < 4.78 is 41.7. The Kier molecular flexibility index (Phi) is 7.86. The highest BCUT2D eigenvalue weighted by Crippen LogP contribution is 2.36. The molecule has 2 rings (SSSR count). The Morgan fingerprint density at radius 2 is 1.76 bits per heavy atom. The van der Waals surface area contributed by atoms with E-state index in [0.29, 0.717) is 11.7 Å². The first kappa shape index (κ1) is 19.9. The van der Waals surface area contributed by atoms with Gasteiger partial charge in [-0.25, -0.2) is 0 Å². The van der Waals surface area contributed by atoms with Crippen molar-refractivity contribution in [3.8, 4) is 5.75 Å². The predicted octanol–water partition coefficient (Wildman–Crippen LogP) is 7.04. The molecule has 0 radical (unpaired) electrons. The number of ether oxygens (including phenoxy) is 1. The third-order valence-corrected chi connectivity index (χ3v) is 4.86. The SMILES string of the molecule is CCCC=CC1CCC(c2ccc(OCCCC(F)(F)F)cc2)CC1. The molecule has 140 valence electrons. The van der Waals surface area contributed by atoms with Crippen LogP contribution < -0.4 is 4.74 Å². The van der Waals surface area contributed by atoms with Crippen molar-refractivity contribution in [2.75, 3.05) is 6.61 Å². The van der Waals surface area contributed by atoms with Gasteiger partial charge in [-0.3, -0.25) is 0 Å². The van der Waals surface area contributed by atoms with E-state index in [1.807, 2.05) is 12.1 Å². The van der Waals surface area contributed by atoms with Gasteiger partial charge in [-0.05, 0) is 68.1 Å². The van der Waals surface area contributed by atoms with E-state index in [0.717, 1.165) is 5.92 Å². The van der Waals surface area contributed by atoms with Gasteiger partial charge >= 0.3 is 6.18 Å². The molecule has 1 saturated carbocycles. The summed E-state index contributed by atoms with van der Waals surface area (Å²) in [4.78, 5) is 0. The molecule has 0 unspecified atom stereocenters. The highest BCUT2D eigenvalue weighted by atomic mass is 19.4. The van der Waals surface area contributed by atoms with Gasteiger partial charge in [0.15, 0.2) is 0 Å². The van der Waals surface area contributed by atoms with Crippen LogP contribution in [0.3, 0.4) is 0 Å². The number of alkyl halides is 3. The van der Waals surface area contributed by atoms with Crippen molar-refractivity contribution in [1.29, 1.82) is 0 Å². The second-order valence-electron chi connectivity index (χ2n) is 6.96. The number of hydrogen-bond acceptors (Lipinski definition) is 1. The van der Waals surface area contributed by atoms with Crippen molar-refractivity contribution in [2.45, 2.75) is 70.4 Å². The third kappa shape index (κ3) is 7.54. The minimum Gasteiger partial charge on any atom is -0.494 e. The lowest BCUT2D eigenvalue weighted by atomic mass is 9.78. The molecular formula is C21H29F3O. The van der Waals surface area contributed by atoms with Gasteiger partial charge in [-0.1, -0.05) is 37.6 Å². The van der Waals surface area contributed by atoms with Gasteiger partial charge in [-0.2, -0.15) is 13.2 Å². The van der Waals surface area contributed by atoms with Crippen LogP contribution in [0, 0.1) is 5.92 Å². The van der Waals surface area contributed by atoms with Crippen molar-refractivity contribution in [3.05, 3.63) is 42.0 Å². The topological polar surface area (TPSA) is 9.23 Å². The van der Waals surface area contributed by atoms with Gasteiger partial charge < -0.3 is 4.74 Å². The molecule has 0 saturated heterocycles. The Hall–Kier alpha value is -1.45. The molecule has 0 heterocycles. The van der Waals surface area contributed by atoms with E-state index in [9.17, 15) is 13.2 Å². The van der Waals surface area contributed by atoms with Crippen LogP contribution >= 0.6 is 0 Å². The van der Waals surface area contributed by atoms with Crippen LogP contribution in [0.25, 0.3) is 0 Å². The van der Waals surface area contributed by atoms with Crippen LogP contribution in [-0.4, -0.2) is 12.8 Å². The van der Waals surface area contributed by atoms with E-state index < -0.39 is 12.6 Å². The van der Waals surface area contributed by atoms with Crippen LogP contribution in [0.2, 0.25) is 0 Å². The van der Waals surface area contributed by atoms with Crippen LogP contribution in [0.4, 0.5) is 13.2 Å². The smallest absolute Gasteiger partial charge is 0.389 e. The molecule has 0 aromatic heterocycles. The molecule has 0 bridgehead atoms. The third-order valence-electron chi connectivity index (χ3n) is 4.86. The molecule has 25 heavy (non-hydrogen) atoms. The van der Waals surface area contributed by atoms with Crippen LogP contribution in [-0.2, 0) is 0 Å². The summed E-state index contributed by atoms with van der Waals surface area (Å²) in [5, 5.41) is 0. The van der Waals surface area contributed by atoms with Crippen LogP contribution in [0.15, 0.2) is 36.4 Å². The zero-order valence-electron chi connectivity index (χ0n) is 15.0. The van der Waals surface area contributed by atoms with E-state index in [-0.39, 0.29) is 13.0 Å². The number of benzene rings is 1. The molecule has 1 aromatic carbocycles. The van der Waals surface area contributed by atoms with Gasteiger partial charge in [0.1, 0.15) is 5.75 Å². The van der Waals surface area contributed by atoms with Gasteiger partial charge in [0.2, 0.25) is 0 Å². The van der Waals surface area contributed by atoms with Gasteiger partial charge in [0, 0.05) is 6.42 Å². The van der Waals surface area contributed by atoms with E-state index in [4.69, 9.17) is 4.74 Å². The minimum absolute atomic E-state index is 0.000807. The van der Waals surface area contributed by atoms with Crippen molar-refractivity contribution >= 4 is 0 Å². The number of allylic oxidation sites excluding steroid dienone is 2. The van der Waals surface area contributed by atoms with Crippen molar-refractivity contribution < 1.29 is 17.9 Å². The number of halogens is 3. The molecule has 0 atom stereocenters. The molecule has 4 heteroatoms. The molecule has 0 spiro atoms. The fourth-order valence-electron chi connectivity index (χ4n) is 3.40. The molecule has 1 aliphatic carbocycles. The maximum atomic E-state index is 12.1. The summed E-state index contributed by atoms with van der Waals surface area (Å²) in [5.74, 6) is 1.97. The highest BCUT2D eigenvalue weighted by Gasteiger charge is 2.26. The summed E-state index contributed by atoms with van der Waals surface area (Å²) in [7, 11) is 0. The Labute approximate surface area is 149 Å². The largest absolute Gasteiger partial charge is 0.494 e. The molecule has 0 N–H and O–H groups in total. The maximum Gasteiger partial charge on any atom is 0.389 e. The summed E-state index contributed by atoms with van der Waals surface area (Å²) in [6, 6.07) is 7.90. The van der Waals surface area contributed by atoms with Gasteiger partial charge in [0.05, 0.1) is 6.61 Å². The van der Waals surface area contributed by atoms with Crippen molar-refractivity contribution in [2.24, 2.45) is 5.92 Å². The van der Waals surface area contributed by atoms with Crippen LogP contribution in [0.5, 0.6) is 5.75 Å². The standard InChI is InChI=1S/C21H29F3O/c1-2-3-4-6-17-7-9-18(10-8-17)19-11-13-20(14-12-19)25-16-5-15-21(22,23)24/h4,6,11-14,17-18H,2-3,5,7-10,15-16H2,1H3. The second kappa shape index (κ2) is 9.88. The normalized spacial score (nSPS) is 21.6. The fraction of sp³-hybridized carbons (Fsp3) is 0.619. The zero-order valence-corrected chi connectivity index (χ0v) is 15.0. The lowest BCUT2D eigenvalue weighted by Gasteiger charge is -2.27. The lowest BCUT2D eigenvalue weighted by Crippen LogP contribution is -2.12. The summed E-state index contributed by atoms with van der Waals surface area (Å²) >= 11 is 0. The Balaban J connectivity index is 1.73. The van der Waals surface area contributed by atoms with Gasteiger partial charge in [-0.15, -0.1) is 0 Å². The van der Waals surface area contributed by atoms with Crippen LogP contribution in [0.1, 0.15) is 69.8 Å². The molecule has 1 fully saturated rings. The Morgan fingerprint density at radius 3 is 2.36 bits per heavy atom. The molecule has 0 aliphatic heterocycles. The first-order valence-electron chi connectivity index (χ1n) is 9.44. The molecule has 1 aliphatic rings. The highest BCUT2D eigenvalue weighted by molar-refractivity contribution is 5.29. The summed E-state index contributed by atoms with van der Waals surface area (Å²) in [5.41, 5.74) is 1.32. The Morgan fingerprint density at radius 1 is 1.08 bits per heavy atom. The monoisotopic (exact) mass is 354 g/mol. The lowest BCUT2D eigenvalue weighted by molar-refractivity contribution is -0.136. The molecular weight excluding hydrogens is 325 g/mol. The van der Waals surface area contributed by atoms with E-state index in [1.165, 1.54) is 44.1 Å². The van der Waals surface area contributed by atoms with Gasteiger partial charge in [0.25, 0.3) is 0 Å². The Bertz CT molecular complexity index is 511. The predicted molar refractivity (Wildman–Crippen MR) is 96.0 cm³/mol. The molecule has 0 amide bonds. The molecule has 1 nitrogen and oxygen atoms in total. The number of unbranched alkanes of at least 4 members (excludes halogenated alkanes) is 1.